The molecule has 0 saturated carbocycles. The number of carboxylic acid groups (broad SMARTS) is 1. The first-order chi connectivity index (χ1) is 11.2. The van der Waals surface area contributed by atoms with Gasteiger partial charge in [0.2, 0.25) is 12.0 Å². The van der Waals surface area contributed by atoms with Gasteiger partial charge in [-0.3, -0.25) is 0 Å². The van der Waals surface area contributed by atoms with Crippen molar-refractivity contribution in [3.05, 3.63) is 66.9 Å². The molecule has 0 fully saturated rings. The van der Waals surface area contributed by atoms with E-state index in [0.29, 0.717) is 5.75 Å². The number of carbonyl (C=O) groups is 1. The number of aliphatic carboxylic acids is 1. The van der Waals surface area contributed by atoms with Crippen LogP contribution in [0.4, 0.5) is 0 Å². The van der Waals surface area contributed by atoms with Crippen LogP contribution in [0.5, 0.6) is 11.6 Å². The van der Waals surface area contributed by atoms with Crippen LogP contribution in [-0.4, -0.2) is 28.8 Å². The second-order valence-electron chi connectivity index (χ2n) is 4.90. The second-order valence-corrected chi connectivity index (χ2v) is 4.90. The summed E-state index contributed by atoms with van der Waals surface area (Å²) in [4.78, 5) is 15.3. The molecule has 3 rings (SSSR count). The summed E-state index contributed by atoms with van der Waals surface area (Å²) >= 11 is 0. The fourth-order valence-electron chi connectivity index (χ4n) is 2.21. The number of rotatable bonds is 6. The molecule has 1 aromatic heterocycles. The lowest BCUT2D eigenvalue weighted by Gasteiger charge is -2.16. The van der Waals surface area contributed by atoms with Gasteiger partial charge < -0.3 is 14.6 Å². The van der Waals surface area contributed by atoms with Crippen LogP contribution in [0.25, 0.3) is 10.8 Å². The fraction of sp³-hybridized carbons (Fsp3) is 0.111. The van der Waals surface area contributed by atoms with Crippen molar-refractivity contribution in [2.75, 3.05) is 6.61 Å². The molecule has 0 radical (unpaired) electrons. The van der Waals surface area contributed by atoms with E-state index in [1.54, 1.807) is 24.4 Å². The third kappa shape index (κ3) is 3.58. The number of hydrogen-bond acceptors (Lipinski definition) is 4. The van der Waals surface area contributed by atoms with Crippen molar-refractivity contribution in [2.45, 2.75) is 6.10 Å². The van der Waals surface area contributed by atoms with Gasteiger partial charge in [-0.05, 0) is 17.5 Å². The van der Waals surface area contributed by atoms with Crippen molar-refractivity contribution >= 4 is 16.7 Å². The van der Waals surface area contributed by atoms with Crippen molar-refractivity contribution in [3.63, 3.8) is 0 Å². The molecule has 1 atom stereocenters. The van der Waals surface area contributed by atoms with Gasteiger partial charge >= 0.3 is 5.97 Å². The third-order valence-corrected chi connectivity index (χ3v) is 3.32. The molecule has 116 valence electrons. The molecule has 2 aromatic carbocycles. The molecule has 1 heterocycles. The summed E-state index contributed by atoms with van der Waals surface area (Å²) in [7, 11) is 0. The SMILES string of the molecule is O=C(O)C(COc1cccc2ccccc12)Oc1ccccn1. The van der Waals surface area contributed by atoms with Gasteiger partial charge in [-0.1, -0.05) is 42.5 Å². The van der Waals surface area contributed by atoms with Crippen LogP contribution in [-0.2, 0) is 4.79 Å². The topological polar surface area (TPSA) is 68.7 Å². The van der Waals surface area contributed by atoms with E-state index in [0.717, 1.165) is 10.8 Å². The molecule has 0 aliphatic heterocycles. The monoisotopic (exact) mass is 309 g/mol. The number of hydrogen-bond donors (Lipinski definition) is 1. The molecule has 23 heavy (non-hydrogen) atoms. The molecule has 0 spiro atoms. The van der Waals surface area contributed by atoms with Gasteiger partial charge in [-0.2, -0.15) is 0 Å². The van der Waals surface area contributed by atoms with E-state index in [9.17, 15) is 9.90 Å². The second kappa shape index (κ2) is 6.79. The number of nitrogens with zero attached hydrogens (tertiary/aromatic N) is 1. The summed E-state index contributed by atoms with van der Waals surface area (Å²) in [5.74, 6) is -0.226. The molecule has 0 bridgehead atoms. The summed E-state index contributed by atoms with van der Waals surface area (Å²) < 4.78 is 11.1. The lowest BCUT2D eigenvalue weighted by atomic mass is 10.1. The smallest absolute Gasteiger partial charge is 0.348 e. The zero-order valence-corrected chi connectivity index (χ0v) is 12.3. The maximum atomic E-state index is 11.4. The first kappa shape index (κ1) is 14.8. The minimum atomic E-state index is -1.14. The Bertz CT molecular complexity index is 799. The number of fused-ring (bicyclic) bond motifs is 1. The Morgan fingerprint density at radius 2 is 1.83 bits per heavy atom. The Hall–Kier alpha value is -3.08. The summed E-state index contributed by atoms with van der Waals surface area (Å²) in [5, 5.41) is 11.3. The molecule has 3 aromatic rings. The van der Waals surface area contributed by atoms with Gasteiger partial charge in [0.1, 0.15) is 12.4 Å². The molecule has 0 amide bonds. The predicted octanol–water partition coefficient (Wildman–Crippen LogP) is 3.15. The van der Waals surface area contributed by atoms with E-state index >= 15 is 0 Å². The summed E-state index contributed by atoms with van der Waals surface area (Å²) in [6, 6.07) is 18.5. The van der Waals surface area contributed by atoms with Crippen LogP contribution >= 0.6 is 0 Å². The highest BCUT2D eigenvalue weighted by molar-refractivity contribution is 5.88. The number of ether oxygens (including phenoxy) is 2. The van der Waals surface area contributed by atoms with Crippen LogP contribution in [0.15, 0.2) is 66.9 Å². The molecule has 5 nitrogen and oxygen atoms in total. The number of benzene rings is 2. The molecule has 0 aliphatic rings. The first-order valence-electron chi connectivity index (χ1n) is 7.15. The molecule has 1 N–H and O–H groups in total. The Morgan fingerprint density at radius 1 is 1.04 bits per heavy atom. The van der Waals surface area contributed by atoms with E-state index in [4.69, 9.17) is 9.47 Å². The van der Waals surface area contributed by atoms with E-state index in [1.807, 2.05) is 42.5 Å². The Balaban J connectivity index is 1.75. The minimum Gasteiger partial charge on any atom is -0.488 e. The standard InChI is InChI=1S/C18H15NO4/c20-18(21)16(23-17-10-3-4-11-19-17)12-22-15-9-5-7-13-6-1-2-8-14(13)15/h1-11,16H,12H2,(H,20,21). The summed E-state index contributed by atoms with van der Waals surface area (Å²) in [5.41, 5.74) is 0. The number of aromatic nitrogens is 1. The molecular weight excluding hydrogens is 294 g/mol. The van der Waals surface area contributed by atoms with Crippen LogP contribution in [0.3, 0.4) is 0 Å². The normalized spacial score (nSPS) is 11.8. The lowest BCUT2D eigenvalue weighted by Crippen LogP contribution is -2.33. The highest BCUT2D eigenvalue weighted by Crippen LogP contribution is 2.25. The van der Waals surface area contributed by atoms with Crippen molar-refractivity contribution in [2.24, 2.45) is 0 Å². The summed E-state index contributed by atoms with van der Waals surface area (Å²) in [6.07, 6.45) is 0.406. The van der Waals surface area contributed by atoms with Gasteiger partial charge in [-0.15, -0.1) is 0 Å². The van der Waals surface area contributed by atoms with Crippen molar-refractivity contribution in [1.82, 2.24) is 4.98 Å². The Morgan fingerprint density at radius 3 is 2.61 bits per heavy atom. The minimum absolute atomic E-state index is 0.111. The lowest BCUT2D eigenvalue weighted by molar-refractivity contribution is -0.146. The third-order valence-electron chi connectivity index (χ3n) is 3.32. The van der Waals surface area contributed by atoms with Crippen LogP contribution < -0.4 is 9.47 Å². The fourth-order valence-corrected chi connectivity index (χ4v) is 2.21. The van der Waals surface area contributed by atoms with Crippen LogP contribution in [0.2, 0.25) is 0 Å². The zero-order valence-electron chi connectivity index (χ0n) is 12.3. The molecular formula is C18H15NO4. The number of carboxylic acids is 1. The Labute approximate surface area is 133 Å². The quantitative estimate of drug-likeness (QED) is 0.757. The van der Waals surface area contributed by atoms with E-state index < -0.39 is 12.1 Å². The van der Waals surface area contributed by atoms with Gasteiger partial charge in [-0.25, -0.2) is 9.78 Å². The van der Waals surface area contributed by atoms with Crippen molar-refractivity contribution in [3.8, 4) is 11.6 Å². The van der Waals surface area contributed by atoms with Crippen LogP contribution in [0, 0.1) is 0 Å². The van der Waals surface area contributed by atoms with Gasteiger partial charge in [0.05, 0.1) is 0 Å². The zero-order chi connectivity index (χ0) is 16.1. The van der Waals surface area contributed by atoms with Gasteiger partial charge in [0, 0.05) is 17.6 Å². The molecule has 0 aliphatic carbocycles. The highest BCUT2D eigenvalue weighted by Gasteiger charge is 2.21. The van der Waals surface area contributed by atoms with Crippen molar-refractivity contribution < 1.29 is 19.4 Å². The average Bonchev–Trinajstić information content (AvgIpc) is 2.59. The largest absolute Gasteiger partial charge is 0.488 e. The highest BCUT2D eigenvalue weighted by atomic mass is 16.6. The maximum Gasteiger partial charge on any atom is 0.348 e. The number of pyridine rings is 1. The van der Waals surface area contributed by atoms with Crippen LogP contribution in [0.1, 0.15) is 0 Å². The molecule has 1 unspecified atom stereocenters. The van der Waals surface area contributed by atoms with E-state index in [1.165, 1.54) is 0 Å². The van der Waals surface area contributed by atoms with E-state index in [-0.39, 0.29) is 12.5 Å². The van der Waals surface area contributed by atoms with E-state index in [2.05, 4.69) is 4.98 Å². The Kier molecular flexibility index (Phi) is 4.38. The molecule has 5 heteroatoms. The van der Waals surface area contributed by atoms with Gasteiger partial charge in [0.25, 0.3) is 0 Å². The van der Waals surface area contributed by atoms with Crippen molar-refractivity contribution in [1.29, 1.82) is 0 Å². The van der Waals surface area contributed by atoms with Gasteiger partial charge in [0.15, 0.2) is 0 Å². The first-order valence-corrected chi connectivity index (χ1v) is 7.15. The average molecular weight is 309 g/mol. The maximum absolute atomic E-state index is 11.4. The molecule has 0 saturated heterocycles. The summed E-state index contributed by atoms with van der Waals surface area (Å²) in [6.45, 7) is -0.111. The predicted molar refractivity (Wildman–Crippen MR) is 85.7 cm³/mol.